The van der Waals surface area contributed by atoms with E-state index < -0.39 is 5.60 Å². The van der Waals surface area contributed by atoms with Gasteiger partial charge in [0.1, 0.15) is 0 Å². The number of hydrogen-bond acceptors (Lipinski definition) is 4. The van der Waals surface area contributed by atoms with Gasteiger partial charge >= 0.3 is 0 Å². The van der Waals surface area contributed by atoms with E-state index in [4.69, 9.17) is 9.47 Å². The first kappa shape index (κ1) is 16.9. The van der Waals surface area contributed by atoms with Crippen LogP contribution in [0.25, 0.3) is 0 Å². The van der Waals surface area contributed by atoms with E-state index in [1.165, 1.54) is 18.4 Å². The van der Waals surface area contributed by atoms with E-state index in [2.05, 4.69) is 35.2 Å². The summed E-state index contributed by atoms with van der Waals surface area (Å²) in [4.78, 5) is 2.61. The van der Waals surface area contributed by atoms with Crippen molar-refractivity contribution < 1.29 is 14.6 Å². The van der Waals surface area contributed by atoms with Crippen LogP contribution in [-0.4, -0.2) is 54.6 Å². The van der Waals surface area contributed by atoms with Gasteiger partial charge in [0.2, 0.25) is 0 Å². The highest BCUT2D eigenvalue weighted by atomic mass is 16.5. The second-order valence-electron chi connectivity index (χ2n) is 7.03. The van der Waals surface area contributed by atoms with Gasteiger partial charge in [-0.2, -0.15) is 0 Å². The summed E-state index contributed by atoms with van der Waals surface area (Å²) in [6.45, 7) is 2.86. The van der Waals surface area contributed by atoms with Crippen LogP contribution in [0.1, 0.15) is 37.7 Å². The zero-order chi connectivity index (χ0) is 16.1. The van der Waals surface area contributed by atoms with Crippen LogP contribution in [0.15, 0.2) is 30.3 Å². The summed E-state index contributed by atoms with van der Waals surface area (Å²) in [5.74, 6) is 0. The lowest BCUT2D eigenvalue weighted by molar-refractivity contribution is -0.0745. The fourth-order valence-corrected chi connectivity index (χ4v) is 4.18. The predicted molar refractivity (Wildman–Crippen MR) is 90.3 cm³/mol. The second kappa shape index (κ2) is 7.75. The molecule has 0 aromatic heterocycles. The van der Waals surface area contributed by atoms with Gasteiger partial charge in [-0.15, -0.1) is 0 Å². The zero-order valence-electron chi connectivity index (χ0n) is 14.1. The molecule has 2 heterocycles. The molecule has 0 radical (unpaired) electrons. The van der Waals surface area contributed by atoms with Crippen LogP contribution in [0, 0.1) is 0 Å². The van der Waals surface area contributed by atoms with E-state index in [-0.39, 0.29) is 0 Å². The maximum absolute atomic E-state index is 11.0. The molecule has 0 aliphatic carbocycles. The van der Waals surface area contributed by atoms with Crippen molar-refractivity contribution in [2.75, 3.05) is 26.9 Å². The third-order valence-corrected chi connectivity index (χ3v) is 5.35. The Morgan fingerprint density at radius 3 is 2.43 bits per heavy atom. The quantitative estimate of drug-likeness (QED) is 0.748. The SMILES string of the molecule is COCCOCCC1(O)CC2CCC(C1)N2Cc1ccccc1. The summed E-state index contributed by atoms with van der Waals surface area (Å²) >= 11 is 0. The summed E-state index contributed by atoms with van der Waals surface area (Å²) in [5.41, 5.74) is 0.823. The minimum Gasteiger partial charge on any atom is -0.390 e. The maximum atomic E-state index is 11.0. The van der Waals surface area contributed by atoms with Crippen LogP contribution >= 0.6 is 0 Å². The number of nitrogens with zero attached hydrogens (tertiary/aromatic N) is 1. The van der Waals surface area contributed by atoms with Crippen molar-refractivity contribution in [2.45, 2.75) is 56.3 Å². The summed E-state index contributed by atoms with van der Waals surface area (Å²) in [6.07, 6.45) is 4.92. The molecule has 4 heteroatoms. The lowest BCUT2D eigenvalue weighted by atomic mass is 9.83. The Labute approximate surface area is 139 Å². The summed E-state index contributed by atoms with van der Waals surface area (Å²) in [7, 11) is 1.68. The standard InChI is InChI=1S/C19H29NO3/c1-22-11-12-23-10-9-19(21)13-17-7-8-18(14-19)20(17)15-16-5-3-2-4-6-16/h2-6,17-18,21H,7-15H2,1H3. The van der Waals surface area contributed by atoms with Crippen molar-refractivity contribution in [1.82, 2.24) is 4.90 Å². The Kier molecular flexibility index (Phi) is 5.70. The lowest BCUT2D eigenvalue weighted by Crippen LogP contribution is -2.51. The van der Waals surface area contributed by atoms with E-state index in [1.54, 1.807) is 7.11 Å². The van der Waals surface area contributed by atoms with Gasteiger partial charge in [-0.25, -0.2) is 0 Å². The first-order valence-electron chi connectivity index (χ1n) is 8.79. The highest BCUT2D eigenvalue weighted by molar-refractivity contribution is 5.16. The molecule has 0 spiro atoms. The van der Waals surface area contributed by atoms with Crippen LogP contribution < -0.4 is 0 Å². The molecule has 23 heavy (non-hydrogen) atoms. The zero-order valence-corrected chi connectivity index (χ0v) is 14.1. The maximum Gasteiger partial charge on any atom is 0.0700 e. The molecule has 3 rings (SSSR count). The minimum atomic E-state index is -0.550. The Balaban J connectivity index is 1.52. The molecular formula is C19H29NO3. The average molecular weight is 319 g/mol. The van der Waals surface area contributed by atoms with Crippen LogP contribution in [0.2, 0.25) is 0 Å². The molecule has 1 aromatic rings. The van der Waals surface area contributed by atoms with Crippen molar-refractivity contribution in [3.63, 3.8) is 0 Å². The lowest BCUT2D eigenvalue weighted by Gasteiger charge is -2.44. The number of hydrogen-bond donors (Lipinski definition) is 1. The van der Waals surface area contributed by atoms with Gasteiger partial charge in [-0.1, -0.05) is 30.3 Å². The summed E-state index contributed by atoms with van der Waals surface area (Å²) < 4.78 is 10.5. The van der Waals surface area contributed by atoms with E-state index in [0.717, 1.165) is 25.8 Å². The van der Waals surface area contributed by atoms with Gasteiger partial charge in [-0.3, -0.25) is 4.90 Å². The molecule has 1 N–H and O–H groups in total. The molecule has 0 amide bonds. The van der Waals surface area contributed by atoms with Gasteiger partial charge in [-0.05, 0) is 37.7 Å². The normalized spacial score (nSPS) is 30.7. The third-order valence-electron chi connectivity index (χ3n) is 5.35. The predicted octanol–water partition coefficient (Wildman–Crippen LogP) is 2.60. The van der Waals surface area contributed by atoms with Crippen LogP contribution in [0.4, 0.5) is 0 Å². The topological polar surface area (TPSA) is 41.9 Å². The van der Waals surface area contributed by atoms with Crippen LogP contribution in [0.5, 0.6) is 0 Å². The van der Waals surface area contributed by atoms with E-state index in [9.17, 15) is 5.11 Å². The highest BCUT2D eigenvalue weighted by Gasteiger charge is 2.46. The van der Waals surface area contributed by atoms with Gasteiger partial charge in [0.05, 0.1) is 18.8 Å². The van der Waals surface area contributed by atoms with E-state index >= 15 is 0 Å². The van der Waals surface area contributed by atoms with Crippen molar-refractivity contribution in [3.05, 3.63) is 35.9 Å². The molecule has 0 saturated carbocycles. The number of ether oxygens (including phenoxy) is 2. The Hall–Kier alpha value is -0.940. The van der Waals surface area contributed by atoms with Gasteiger partial charge in [0.25, 0.3) is 0 Å². The van der Waals surface area contributed by atoms with Crippen LogP contribution in [-0.2, 0) is 16.0 Å². The average Bonchev–Trinajstić information content (AvgIpc) is 2.80. The second-order valence-corrected chi connectivity index (χ2v) is 7.03. The van der Waals surface area contributed by atoms with Crippen molar-refractivity contribution in [3.8, 4) is 0 Å². The molecule has 2 bridgehead atoms. The molecule has 2 aliphatic rings. The molecule has 2 unspecified atom stereocenters. The van der Waals surface area contributed by atoms with Crippen LogP contribution in [0.3, 0.4) is 0 Å². The Morgan fingerprint density at radius 2 is 1.78 bits per heavy atom. The smallest absolute Gasteiger partial charge is 0.0700 e. The number of methoxy groups -OCH3 is 1. The van der Waals surface area contributed by atoms with Crippen molar-refractivity contribution in [2.24, 2.45) is 0 Å². The summed E-state index contributed by atoms with van der Waals surface area (Å²) in [5, 5.41) is 11.0. The molecule has 2 atom stereocenters. The Morgan fingerprint density at radius 1 is 1.09 bits per heavy atom. The number of rotatable bonds is 8. The molecule has 2 aliphatic heterocycles. The Bertz CT molecular complexity index is 465. The highest BCUT2D eigenvalue weighted by Crippen LogP contribution is 2.42. The third kappa shape index (κ3) is 4.32. The summed E-state index contributed by atoms with van der Waals surface area (Å²) in [6, 6.07) is 11.7. The molecule has 2 saturated heterocycles. The molecule has 2 fully saturated rings. The fourth-order valence-electron chi connectivity index (χ4n) is 4.18. The monoisotopic (exact) mass is 319 g/mol. The largest absolute Gasteiger partial charge is 0.390 e. The molecule has 1 aromatic carbocycles. The van der Waals surface area contributed by atoms with Gasteiger partial charge in [0.15, 0.2) is 0 Å². The number of fused-ring (bicyclic) bond motifs is 2. The van der Waals surface area contributed by atoms with Crippen molar-refractivity contribution >= 4 is 0 Å². The molecule has 128 valence electrons. The van der Waals surface area contributed by atoms with E-state index in [1.807, 2.05) is 0 Å². The van der Waals surface area contributed by atoms with E-state index in [0.29, 0.717) is 31.9 Å². The fraction of sp³-hybridized carbons (Fsp3) is 0.684. The van der Waals surface area contributed by atoms with Crippen molar-refractivity contribution in [1.29, 1.82) is 0 Å². The molecule has 4 nitrogen and oxygen atoms in total. The number of aliphatic hydroxyl groups is 1. The van der Waals surface area contributed by atoms with Gasteiger partial charge in [0, 0.05) is 32.3 Å². The first-order valence-corrected chi connectivity index (χ1v) is 8.79. The number of benzene rings is 1. The number of piperidine rings is 1. The first-order chi connectivity index (χ1) is 11.2. The molecular weight excluding hydrogens is 290 g/mol. The minimum absolute atomic E-state index is 0.512. The van der Waals surface area contributed by atoms with Gasteiger partial charge < -0.3 is 14.6 Å².